The lowest BCUT2D eigenvalue weighted by Crippen LogP contribution is -2.23. The van der Waals surface area contributed by atoms with Gasteiger partial charge in [-0.15, -0.1) is 0 Å². The Bertz CT molecular complexity index is 387. The van der Waals surface area contributed by atoms with E-state index in [4.69, 9.17) is 4.74 Å². The van der Waals surface area contributed by atoms with Gasteiger partial charge < -0.3 is 15.2 Å². The van der Waals surface area contributed by atoms with Gasteiger partial charge in [-0.25, -0.2) is 0 Å². The molecule has 3 nitrogen and oxygen atoms in total. The van der Waals surface area contributed by atoms with Crippen LogP contribution in [-0.4, -0.2) is 18.3 Å². The molecule has 15 heavy (non-hydrogen) atoms. The SMILES string of the molecule is C=C(C)CNC1COc2cc(O)ccc21. The quantitative estimate of drug-likeness (QED) is 0.741. The number of benzene rings is 1. The maximum absolute atomic E-state index is 9.29. The topological polar surface area (TPSA) is 41.5 Å². The summed E-state index contributed by atoms with van der Waals surface area (Å²) in [5, 5.41) is 12.6. The lowest BCUT2D eigenvalue weighted by molar-refractivity contribution is 0.313. The summed E-state index contributed by atoms with van der Waals surface area (Å²) in [5.41, 5.74) is 2.20. The number of hydrogen-bond donors (Lipinski definition) is 2. The fraction of sp³-hybridized carbons (Fsp3) is 0.333. The molecule has 0 radical (unpaired) electrons. The fourth-order valence-electron chi connectivity index (χ4n) is 1.67. The molecule has 0 saturated heterocycles. The van der Waals surface area contributed by atoms with E-state index in [1.54, 1.807) is 12.1 Å². The largest absolute Gasteiger partial charge is 0.508 e. The first-order valence-corrected chi connectivity index (χ1v) is 5.00. The predicted molar refractivity (Wildman–Crippen MR) is 59.2 cm³/mol. The highest BCUT2D eigenvalue weighted by molar-refractivity contribution is 5.44. The van der Waals surface area contributed by atoms with Crippen LogP contribution in [0.4, 0.5) is 0 Å². The van der Waals surface area contributed by atoms with Gasteiger partial charge in [0.05, 0.1) is 6.04 Å². The molecule has 1 aliphatic heterocycles. The van der Waals surface area contributed by atoms with E-state index in [0.29, 0.717) is 6.61 Å². The molecule has 1 heterocycles. The smallest absolute Gasteiger partial charge is 0.127 e. The molecule has 1 aliphatic rings. The third-order valence-electron chi connectivity index (χ3n) is 2.43. The van der Waals surface area contributed by atoms with Crippen molar-refractivity contribution >= 4 is 0 Å². The van der Waals surface area contributed by atoms with E-state index in [1.807, 2.05) is 13.0 Å². The van der Waals surface area contributed by atoms with Crippen LogP contribution in [0, 0.1) is 0 Å². The maximum Gasteiger partial charge on any atom is 0.127 e. The van der Waals surface area contributed by atoms with E-state index >= 15 is 0 Å². The van der Waals surface area contributed by atoms with Crippen molar-refractivity contribution in [1.82, 2.24) is 5.32 Å². The Hall–Kier alpha value is -1.48. The normalized spacial score (nSPS) is 18.3. The standard InChI is InChI=1S/C12H15NO2/c1-8(2)6-13-11-7-15-12-5-9(14)3-4-10(11)12/h3-5,11,13-14H,1,6-7H2,2H3. The van der Waals surface area contributed by atoms with Crippen LogP contribution in [0.25, 0.3) is 0 Å². The molecule has 0 aromatic heterocycles. The molecule has 3 heteroatoms. The molecular formula is C12H15NO2. The van der Waals surface area contributed by atoms with Crippen molar-refractivity contribution in [3.05, 3.63) is 35.9 Å². The van der Waals surface area contributed by atoms with Crippen LogP contribution >= 0.6 is 0 Å². The minimum absolute atomic E-state index is 0.206. The summed E-state index contributed by atoms with van der Waals surface area (Å²) in [5.74, 6) is 1.02. The van der Waals surface area contributed by atoms with Crippen molar-refractivity contribution < 1.29 is 9.84 Å². The van der Waals surface area contributed by atoms with Crippen molar-refractivity contribution in [2.45, 2.75) is 13.0 Å². The fourth-order valence-corrected chi connectivity index (χ4v) is 1.67. The lowest BCUT2D eigenvalue weighted by atomic mass is 10.1. The highest BCUT2D eigenvalue weighted by Crippen LogP contribution is 2.34. The van der Waals surface area contributed by atoms with Gasteiger partial charge in [-0.1, -0.05) is 12.2 Å². The zero-order valence-corrected chi connectivity index (χ0v) is 8.79. The highest BCUT2D eigenvalue weighted by atomic mass is 16.5. The van der Waals surface area contributed by atoms with Crippen LogP contribution in [0.5, 0.6) is 11.5 Å². The Labute approximate surface area is 89.4 Å². The van der Waals surface area contributed by atoms with Gasteiger partial charge >= 0.3 is 0 Å². The molecule has 0 bridgehead atoms. The Morgan fingerprint density at radius 3 is 3.20 bits per heavy atom. The van der Waals surface area contributed by atoms with Gasteiger partial charge in [-0.3, -0.25) is 0 Å². The first kappa shape index (κ1) is 10.1. The van der Waals surface area contributed by atoms with E-state index in [9.17, 15) is 5.11 Å². The number of rotatable bonds is 3. The first-order chi connectivity index (χ1) is 7.16. The first-order valence-electron chi connectivity index (χ1n) is 5.00. The summed E-state index contributed by atoms with van der Waals surface area (Å²) in [7, 11) is 0. The number of ether oxygens (including phenoxy) is 1. The van der Waals surface area contributed by atoms with Crippen molar-refractivity contribution in [3.63, 3.8) is 0 Å². The highest BCUT2D eigenvalue weighted by Gasteiger charge is 2.23. The van der Waals surface area contributed by atoms with Crippen LogP contribution in [-0.2, 0) is 0 Å². The molecule has 80 valence electrons. The summed E-state index contributed by atoms with van der Waals surface area (Å²) in [6, 6.07) is 5.44. The van der Waals surface area contributed by atoms with Crippen LogP contribution in [0.2, 0.25) is 0 Å². The molecule has 2 rings (SSSR count). The summed E-state index contributed by atoms with van der Waals surface area (Å²) in [6.07, 6.45) is 0. The summed E-state index contributed by atoms with van der Waals surface area (Å²) < 4.78 is 5.47. The molecule has 1 aromatic rings. The Morgan fingerprint density at radius 2 is 2.47 bits per heavy atom. The van der Waals surface area contributed by atoms with Crippen LogP contribution in [0.3, 0.4) is 0 Å². The molecule has 0 saturated carbocycles. The zero-order valence-electron chi connectivity index (χ0n) is 8.79. The lowest BCUT2D eigenvalue weighted by Gasteiger charge is -2.11. The molecule has 2 N–H and O–H groups in total. The van der Waals surface area contributed by atoms with E-state index in [0.717, 1.165) is 23.4 Å². The van der Waals surface area contributed by atoms with Crippen LogP contribution in [0.1, 0.15) is 18.5 Å². The zero-order chi connectivity index (χ0) is 10.8. The number of phenols is 1. The van der Waals surface area contributed by atoms with E-state index in [2.05, 4.69) is 11.9 Å². The Balaban J connectivity index is 2.11. The molecule has 0 spiro atoms. The molecule has 0 amide bonds. The van der Waals surface area contributed by atoms with E-state index < -0.39 is 0 Å². The Morgan fingerprint density at radius 1 is 1.67 bits per heavy atom. The van der Waals surface area contributed by atoms with Crippen molar-refractivity contribution in [2.75, 3.05) is 13.2 Å². The molecule has 0 aliphatic carbocycles. The minimum atomic E-state index is 0.206. The van der Waals surface area contributed by atoms with Crippen molar-refractivity contribution in [1.29, 1.82) is 0 Å². The van der Waals surface area contributed by atoms with E-state index in [1.165, 1.54) is 0 Å². The predicted octanol–water partition coefficient (Wildman–Crippen LogP) is 1.99. The van der Waals surface area contributed by atoms with E-state index in [-0.39, 0.29) is 11.8 Å². The van der Waals surface area contributed by atoms with Gasteiger partial charge in [0.2, 0.25) is 0 Å². The second-order valence-corrected chi connectivity index (χ2v) is 3.92. The number of nitrogens with one attached hydrogen (secondary N) is 1. The van der Waals surface area contributed by atoms with Gasteiger partial charge in [0.1, 0.15) is 18.1 Å². The average molecular weight is 205 g/mol. The maximum atomic E-state index is 9.29. The molecule has 1 atom stereocenters. The van der Waals surface area contributed by atoms with Crippen LogP contribution in [0.15, 0.2) is 30.4 Å². The third kappa shape index (κ3) is 2.13. The van der Waals surface area contributed by atoms with Gasteiger partial charge in [0.25, 0.3) is 0 Å². The molecule has 0 fully saturated rings. The average Bonchev–Trinajstić information content (AvgIpc) is 2.57. The summed E-state index contributed by atoms with van der Waals surface area (Å²) in [4.78, 5) is 0. The van der Waals surface area contributed by atoms with Gasteiger partial charge in [-0.05, 0) is 19.1 Å². The second-order valence-electron chi connectivity index (χ2n) is 3.92. The van der Waals surface area contributed by atoms with Gasteiger partial charge in [0, 0.05) is 18.2 Å². The summed E-state index contributed by atoms with van der Waals surface area (Å²) in [6.45, 7) is 7.23. The number of fused-ring (bicyclic) bond motifs is 1. The molecule has 1 unspecified atom stereocenters. The number of aromatic hydroxyl groups is 1. The monoisotopic (exact) mass is 205 g/mol. The van der Waals surface area contributed by atoms with Gasteiger partial charge in [-0.2, -0.15) is 0 Å². The number of phenolic OH excluding ortho intramolecular Hbond substituents is 1. The molecule has 1 aromatic carbocycles. The van der Waals surface area contributed by atoms with Crippen molar-refractivity contribution in [3.8, 4) is 11.5 Å². The minimum Gasteiger partial charge on any atom is -0.508 e. The molecular weight excluding hydrogens is 190 g/mol. The van der Waals surface area contributed by atoms with Crippen molar-refractivity contribution in [2.24, 2.45) is 0 Å². The Kier molecular flexibility index (Phi) is 2.64. The number of hydrogen-bond acceptors (Lipinski definition) is 3. The summed E-state index contributed by atoms with van der Waals surface area (Å²) >= 11 is 0. The second kappa shape index (κ2) is 3.95. The van der Waals surface area contributed by atoms with Gasteiger partial charge in [0.15, 0.2) is 0 Å². The van der Waals surface area contributed by atoms with Crippen LogP contribution < -0.4 is 10.1 Å². The third-order valence-corrected chi connectivity index (χ3v) is 2.43.